The largest absolute Gasteiger partial charge is 0.491 e. The summed E-state index contributed by atoms with van der Waals surface area (Å²) >= 11 is 0. The zero-order chi connectivity index (χ0) is 16.8. The van der Waals surface area contributed by atoms with Gasteiger partial charge in [-0.2, -0.15) is 5.26 Å². The lowest BCUT2D eigenvalue weighted by Crippen LogP contribution is -2.05. The maximum absolute atomic E-state index is 13.7. The van der Waals surface area contributed by atoms with E-state index in [-0.39, 0.29) is 17.2 Å². The Kier molecular flexibility index (Phi) is 5.27. The van der Waals surface area contributed by atoms with Crippen LogP contribution in [0.5, 0.6) is 5.75 Å². The van der Waals surface area contributed by atoms with Gasteiger partial charge in [0.1, 0.15) is 23.2 Å². The van der Waals surface area contributed by atoms with Crippen molar-refractivity contribution in [2.45, 2.75) is 20.0 Å². The Morgan fingerprint density at radius 1 is 1.17 bits per heavy atom. The van der Waals surface area contributed by atoms with E-state index < -0.39 is 11.6 Å². The first-order chi connectivity index (χ1) is 11.0. The van der Waals surface area contributed by atoms with Gasteiger partial charge in [0.2, 0.25) is 5.78 Å². The van der Waals surface area contributed by atoms with Gasteiger partial charge >= 0.3 is 0 Å². The van der Waals surface area contributed by atoms with Crippen LogP contribution >= 0.6 is 0 Å². The molecule has 2 aromatic rings. The summed E-state index contributed by atoms with van der Waals surface area (Å²) in [5.41, 5.74) is 0.440. The first-order valence-corrected chi connectivity index (χ1v) is 7.19. The van der Waals surface area contributed by atoms with E-state index in [1.807, 2.05) is 19.9 Å². The lowest BCUT2D eigenvalue weighted by Gasteiger charge is -2.09. The molecule has 0 amide bonds. The highest BCUT2D eigenvalue weighted by molar-refractivity contribution is 6.14. The summed E-state index contributed by atoms with van der Waals surface area (Å²) in [6.07, 6.45) is 1.50. The molecule has 0 radical (unpaired) electrons. The highest BCUT2D eigenvalue weighted by atomic mass is 19.1. The van der Waals surface area contributed by atoms with Gasteiger partial charge in [-0.1, -0.05) is 24.3 Å². The van der Waals surface area contributed by atoms with Gasteiger partial charge in [-0.25, -0.2) is 4.39 Å². The number of hydrogen-bond acceptors (Lipinski definition) is 3. The molecule has 0 atom stereocenters. The number of nitriles is 1. The summed E-state index contributed by atoms with van der Waals surface area (Å²) in [7, 11) is 0. The number of hydrogen-bond donors (Lipinski definition) is 0. The highest BCUT2D eigenvalue weighted by Crippen LogP contribution is 2.18. The second-order valence-electron chi connectivity index (χ2n) is 5.21. The van der Waals surface area contributed by atoms with Crippen LogP contribution in [-0.4, -0.2) is 11.9 Å². The molecule has 2 rings (SSSR count). The number of ketones is 1. The second-order valence-corrected chi connectivity index (χ2v) is 5.21. The minimum absolute atomic E-state index is 0.0636. The lowest BCUT2D eigenvalue weighted by atomic mass is 10.0. The van der Waals surface area contributed by atoms with E-state index in [0.29, 0.717) is 11.3 Å². The quantitative estimate of drug-likeness (QED) is 0.467. The molecule has 4 heteroatoms. The summed E-state index contributed by atoms with van der Waals surface area (Å²) in [6.45, 7) is 3.85. The first kappa shape index (κ1) is 16.4. The number of Topliss-reactive ketones (excluding diaryl/α,β-unsaturated/α-hetero) is 1. The molecular weight excluding hydrogens is 293 g/mol. The third kappa shape index (κ3) is 4.27. The molecule has 0 aromatic heterocycles. The SMILES string of the molecule is CC(C)Oc1ccc(C=C(C#N)C(=O)c2ccccc2F)cc1. The fourth-order valence-electron chi connectivity index (χ4n) is 2.02. The third-order valence-electron chi connectivity index (χ3n) is 3.05. The zero-order valence-electron chi connectivity index (χ0n) is 12.9. The number of halogens is 1. The van der Waals surface area contributed by atoms with Crippen molar-refractivity contribution < 1.29 is 13.9 Å². The predicted octanol–water partition coefficient (Wildman–Crippen LogP) is 4.40. The zero-order valence-corrected chi connectivity index (χ0v) is 12.9. The minimum Gasteiger partial charge on any atom is -0.491 e. The van der Waals surface area contributed by atoms with Crippen molar-refractivity contribution in [1.82, 2.24) is 0 Å². The van der Waals surface area contributed by atoms with E-state index in [1.54, 1.807) is 30.3 Å². The van der Waals surface area contributed by atoms with Gasteiger partial charge in [-0.15, -0.1) is 0 Å². The predicted molar refractivity (Wildman–Crippen MR) is 86.5 cm³/mol. The van der Waals surface area contributed by atoms with Crippen molar-refractivity contribution in [1.29, 1.82) is 5.26 Å². The maximum Gasteiger partial charge on any atom is 0.206 e. The Hall–Kier alpha value is -2.93. The summed E-state index contributed by atoms with van der Waals surface area (Å²) in [6, 6.07) is 14.4. The topological polar surface area (TPSA) is 50.1 Å². The molecule has 0 aliphatic rings. The molecule has 0 fully saturated rings. The molecule has 116 valence electrons. The van der Waals surface area contributed by atoms with Crippen LogP contribution in [0.4, 0.5) is 4.39 Å². The summed E-state index contributed by atoms with van der Waals surface area (Å²) in [4.78, 5) is 12.3. The Labute approximate surface area is 134 Å². The lowest BCUT2D eigenvalue weighted by molar-refractivity contribution is 0.103. The van der Waals surface area contributed by atoms with E-state index in [2.05, 4.69) is 0 Å². The number of allylic oxidation sites excluding steroid dienone is 1. The smallest absolute Gasteiger partial charge is 0.206 e. The van der Waals surface area contributed by atoms with Gasteiger partial charge in [0.15, 0.2) is 0 Å². The molecule has 0 N–H and O–H groups in total. The third-order valence-corrected chi connectivity index (χ3v) is 3.05. The summed E-state index contributed by atoms with van der Waals surface area (Å²) in [5, 5.41) is 9.20. The van der Waals surface area contributed by atoms with Crippen LogP contribution in [0.3, 0.4) is 0 Å². The fraction of sp³-hybridized carbons (Fsp3) is 0.158. The number of rotatable bonds is 5. The Balaban J connectivity index is 2.27. The van der Waals surface area contributed by atoms with Gasteiger partial charge < -0.3 is 4.74 Å². The number of ether oxygens (including phenoxy) is 1. The Bertz CT molecular complexity index is 771. The van der Waals surface area contributed by atoms with Crippen molar-refractivity contribution in [3.8, 4) is 11.8 Å². The molecule has 0 aliphatic heterocycles. The van der Waals surface area contributed by atoms with Crippen LogP contribution in [0.15, 0.2) is 54.1 Å². The van der Waals surface area contributed by atoms with Crippen LogP contribution < -0.4 is 4.74 Å². The van der Waals surface area contributed by atoms with E-state index >= 15 is 0 Å². The standard InChI is InChI=1S/C19H16FNO2/c1-13(2)23-16-9-7-14(8-10-16)11-15(12-21)19(22)17-5-3-4-6-18(17)20/h3-11,13H,1-2H3. The number of nitrogens with zero attached hydrogens (tertiary/aromatic N) is 1. The van der Waals surface area contributed by atoms with E-state index in [4.69, 9.17) is 4.74 Å². The average Bonchev–Trinajstić information content (AvgIpc) is 2.53. The van der Waals surface area contributed by atoms with Gasteiger partial charge in [0.25, 0.3) is 0 Å². The van der Waals surface area contributed by atoms with E-state index in [0.717, 1.165) is 0 Å². The average molecular weight is 309 g/mol. The molecule has 3 nitrogen and oxygen atoms in total. The molecule has 0 spiro atoms. The molecule has 2 aromatic carbocycles. The van der Waals surface area contributed by atoms with Gasteiger partial charge in [-0.05, 0) is 49.8 Å². The second kappa shape index (κ2) is 7.37. The van der Waals surface area contributed by atoms with Crippen LogP contribution in [0.25, 0.3) is 6.08 Å². The molecule has 0 heterocycles. The van der Waals surface area contributed by atoms with Crippen LogP contribution in [-0.2, 0) is 0 Å². The van der Waals surface area contributed by atoms with Crippen molar-refractivity contribution in [2.24, 2.45) is 0 Å². The van der Waals surface area contributed by atoms with Crippen LogP contribution in [0, 0.1) is 17.1 Å². The van der Waals surface area contributed by atoms with Crippen molar-refractivity contribution in [3.05, 3.63) is 71.0 Å². The highest BCUT2D eigenvalue weighted by Gasteiger charge is 2.15. The fourth-order valence-corrected chi connectivity index (χ4v) is 2.02. The molecule has 23 heavy (non-hydrogen) atoms. The van der Waals surface area contributed by atoms with Gasteiger partial charge in [0.05, 0.1) is 11.7 Å². The molecule has 0 aliphatic carbocycles. The van der Waals surface area contributed by atoms with Gasteiger partial charge in [0, 0.05) is 0 Å². The summed E-state index contributed by atoms with van der Waals surface area (Å²) < 4.78 is 19.2. The minimum atomic E-state index is -0.640. The first-order valence-electron chi connectivity index (χ1n) is 7.19. The molecule has 0 bridgehead atoms. The Morgan fingerprint density at radius 2 is 1.83 bits per heavy atom. The van der Waals surface area contributed by atoms with Crippen LogP contribution in [0.1, 0.15) is 29.8 Å². The van der Waals surface area contributed by atoms with Crippen LogP contribution in [0.2, 0.25) is 0 Å². The van der Waals surface area contributed by atoms with E-state index in [1.165, 1.54) is 24.3 Å². The van der Waals surface area contributed by atoms with Crippen molar-refractivity contribution in [2.75, 3.05) is 0 Å². The summed E-state index contributed by atoms with van der Waals surface area (Å²) in [5.74, 6) is -0.566. The van der Waals surface area contributed by atoms with Gasteiger partial charge in [-0.3, -0.25) is 4.79 Å². The van der Waals surface area contributed by atoms with Crippen molar-refractivity contribution >= 4 is 11.9 Å². The van der Waals surface area contributed by atoms with E-state index in [9.17, 15) is 14.4 Å². The Morgan fingerprint density at radius 3 is 2.39 bits per heavy atom. The number of carbonyl (C=O) groups is 1. The van der Waals surface area contributed by atoms with Crippen molar-refractivity contribution in [3.63, 3.8) is 0 Å². The molecular formula is C19H16FNO2. The number of benzene rings is 2. The molecule has 0 saturated heterocycles. The molecule has 0 saturated carbocycles. The maximum atomic E-state index is 13.7. The number of carbonyl (C=O) groups excluding carboxylic acids is 1. The molecule has 0 unspecified atom stereocenters. The monoisotopic (exact) mass is 309 g/mol. The normalized spacial score (nSPS) is 11.2.